The van der Waals surface area contributed by atoms with Gasteiger partial charge in [0.05, 0.1) is 16.7 Å². The number of fused-ring (bicyclic) bond motifs is 1. The third kappa shape index (κ3) is 3.01. The Morgan fingerprint density at radius 1 is 1.32 bits per heavy atom. The fourth-order valence-corrected chi connectivity index (χ4v) is 3.61. The maximum absolute atomic E-state index is 13.0. The van der Waals surface area contributed by atoms with Crippen LogP contribution in [0.15, 0.2) is 29.3 Å². The highest BCUT2D eigenvalue weighted by Gasteiger charge is 2.21. The molecule has 3 N–H and O–H groups in total. The van der Waals surface area contributed by atoms with Crippen molar-refractivity contribution in [2.75, 3.05) is 0 Å². The standard InChI is InChI=1S/C16H14N4O4S/c1-8-11-15(25-12(8)13(17)23)19-14(9-2-5-18-6-3-9)20(16(11)24)7-4-10(21)22/h2-3,5-6H,4,7H2,1H3,(H2,17,23)(H,21,22). The zero-order valence-corrected chi connectivity index (χ0v) is 14.0. The van der Waals surface area contributed by atoms with Gasteiger partial charge in [-0.05, 0) is 24.6 Å². The third-order valence-electron chi connectivity index (χ3n) is 3.76. The van der Waals surface area contributed by atoms with Crippen LogP contribution in [0.3, 0.4) is 0 Å². The molecule has 0 aliphatic rings. The van der Waals surface area contributed by atoms with Crippen LogP contribution in [0.2, 0.25) is 0 Å². The average Bonchev–Trinajstić information content (AvgIpc) is 2.91. The van der Waals surface area contributed by atoms with Crippen molar-refractivity contribution < 1.29 is 14.7 Å². The molecule has 0 saturated carbocycles. The van der Waals surface area contributed by atoms with E-state index < -0.39 is 11.9 Å². The van der Waals surface area contributed by atoms with Crippen LogP contribution in [0, 0.1) is 6.92 Å². The molecule has 3 aromatic heterocycles. The Kier molecular flexibility index (Phi) is 4.32. The first-order chi connectivity index (χ1) is 11.9. The van der Waals surface area contributed by atoms with Crippen molar-refractivity contribution >= 4 is 33.4 Å². The van der Waals surface area contributed by atoms with Crippen molar-refractivity contribution in [3.8, 4) is 11.4 Å². The molecule has 3 aromatic rings. The molecule has 0 spiro atoms. The molecule has 0 radical (unpaired) electrons. The number of carboxylic acids is 1. The smallest absolute Gasteiger partial charge is 0.305 e. The molecule has 0 unspecified atom stereocenters. The van der Waals surface area contributed by atoms with E-state index in [0.717, 1.165) is 11.3 Å². The van der Waals surface area contributed by atoms with Crippen molar-refractivity contribution in [2.45, 2.75) is 19.9 Å². The lowest BCUT2D eigenvalue weighted by Gasteiger charge is -2.11. The van der Waals surface area contributed by atoms with E-state index in [1.54, 1.807) is 31.5 Å². The fourth-order valence-electron chi connectivity index (χ4n) is 2.59. The predicted molar refractivity (Wildman–Crippen MR) is 92.6 cm³/mol. The van der Waals surface area contributed by atoms with E-state index in [9.17, 15) is 14.4 Å². The number of carbonyl (C=O) groups is 2. The maximum Gasteiger partial charge on any atom is 0.305 e. The number of hydrogen-bond donors (Lipinski definition) is 2. The normalized spacial score (nSPS) is 10.9. The van der Waals surface area contributed by atoms with E-state index >= 15 is 0 Å². The highest BCUT2D eigenvalue weighted by molar-refractivity contribution is 7.20. The monoisotopic (exact) mass is 358 g/mol. The Morgan fingerprint density at radius 2 is 2.00 bits per heavy atom. The summed E-state index contributed by atoms with van der Waals surface area (Å²) in [6, 6.07) is 3.36. The minimum absolute atomic E-state index is 0.0318. The van der Waals surface area contributed by atoms with Gasteiger partial charge >= 0.3 is 5.97 Å². The molecule has 128 valence electrons. The Hall–Kier alpha value is -3.07. The van der Waals surface area contributed by atoms with E-state index in [4.69, 9.17) is 10.8 Å². The maximum atomic E-state index is 13.0. The van der Waals surface area contributed by atoms with E-state index in [1.807, 2.05) is 0 Å². The number of carboxylic acid groups (broad SMARTS) is 1. The number of primary amides is 1. The summed E-state index contributed by atoms with van der Waals surface area (Å²) in [5.41, 5.74) is 6.07. The van der Waals surface area contributed by atoms with E-state index in [2.05, 4.69) is 9.97 Å². The van der Waals surface area contributed by atoms with Crippen molar-refractivity contribution in [3.63, 3.8) is 0 Å². The van der Waals surface area contributed by atoms with Gasteiger partial charge in [0.2, 0.25) is 0 Å². The summed E-state index contributed by atoms with van der Waals surface area (Å²) in [5.74, 6) is -1.31. The lowest BCUT2D eigenvalue weighted by atomic mass is 10.2. The van der Waals surface area contributed by atoms with Crippen molar-refractivity contribution in [1.82, 2.24) is 14.5 Å². The minimum atomic E-state index is -1.02. The molecule has 9 heteroatoms. The minimum Gasteiger partial charge on any atom is -0.481 e. The first-order valence-corrected chi connectivity index (χ1v) is 8.17. The second kappa shape index (κ2) is 6.44. The summed E-state index contributed by atoms with van der Waals surface area (Å²) in [6.45, 7) is 1.60. The SMILES string of the molecule is Cc1c(C(N)=O)sc2nc(-c3ccncc3)n(CCC(=O)O)c(=O)c12. The molecule has 3 rings (SSSR count). The number of thiophene rings is 1. The lowest BCUT2D eigenvalue weighted by Crippen LogP contribution is -2.24. The molecule has 0 aliphatic heterocycles. The molecule has 25 heavy (non-hydrogen) atoms. The molecule has 0 saturated heterocycles. The summed E-state index contributed by atoms with van der Waals surface area (Å²) >= 11 is 1.06. The summed E-state index contributed by atoms with van der Waals surface area (Å²) in [7, 11) is 0. The van der Waals surface area contributed by atoms with E-state index in [1.165, 1.54) is 4.57 Å². The van der Waals surface area contributed by atoms with Gasteiger partial charge in [-0.25, -0.2) is 4.98 Å². The van der Waals surface area contributed by atoms with E-state index in [0.29, 0.717) is 27.2 Å². The number of pyridine rings is 1. The average molecular weight is 358 g/mol. The molecule has 8 nitrogen and oxygen atoms in total. The topological polar surface area (TPSA) is 128 Å². The van der Waals surface area contributed by atoms with Crippen LogP contribution in [0.25, 0.3) is 21.6 Å². The van der Waals surface area contributed by atoms with Gasteiger partial charge in [0.25, 0.3) is 11.5 Å². The van der Waals surface area contributed by atoms with Gasteiger partial charge in [0, 0.05) is 24.5 Å². The molecule has 0 atom stereocenters. The Labute approximate surface area is 145 Å². The highest BCUT2D eigenvalue weighted by atomic mass is 32.1. The van der Waals surface area contributed by atoms with Crippen LogP contribution in [0.4, 0.5) is 0 Å². The van der Waals surface area contributed by atoms with Crippen LogP contribution in [-0.4, -0.2) is 31.5 Å². The second-order valence-corrected chi connectivity index (χ2v) is 6.37. The number of hydrogen-bond acceptors (Lipinski definition) is 6. The lowest BCUT2D eigenvalue weighted by molar-refractivity contribution is -0.137. The molecule has 0 bridgehead atoms. The van der Waals surface area contributed by atoms with Crippen molar-refractivity contribution in [3.05, 3.63) is 45.3 Å². The number of amides is 1. The van der Waals surface area contributed by atoms with Gasteiger partial charge in [0.15, 0.2) is 0 Å². The molecule has 0 aliphatic carbocycles. The summed E-state index contributed by atoms with van der Waals surface area (Å²) in [6.07, 6.45) is 2.89. The first kappa shape index (κ1) is 16.8. The summed E-state index contributed by atoms with van der Waals surface area (Å²) < 4.78 is 1.32. The van der Waals surface area contributed by atoms with Crippen LogP contribution >= 0.6 is 11.3 Å². The van der Waals surface area contributed by atoms with Crippen LogP contribution in [-0.2, 0) is 11.3 Å². The van der Waals surface area contributed by atoms with Crippen molar-refractivity contribution in [1.29, 1.82) is 0 Å². The van der Waals surface area contributed by atoms with Gasteiger partial charge in [-0.3, -0.25) is 23.9 Å². The number of aryl methyl sites for hydroxylation is 1. The van der Waals surface area contributed by atoms with Crippen LogP contribution < -0.4 is 11.3 Å². The number of nitrogens with zero attached hydrogens (tertiary/aromatic N) is 3. The Balaban J connectivity index is 2.33. The number of carbonyl (C=O) groups excluding carboxylic acids is 1. The summed E-state index contributed by atoms with van der Waals surface area (Å²) in [5, 5.41) is 9.26. The van der Waals surface area contributed by atoms with E-state index in [-0.39, 0.29) is 23.4 Å². The molecular formula is C16H14N4O4S. The van der Waals surface area contributed by atoms with Gasteiger partial charge in [-0.1, -0.05) is 0 Å². The first-order valence-electron chi connectivity index (χ1n) is 7.36. The molecule has 0 fully saturated rings. The molecule has 3 heterocycles. The quantitative estimate of drug-likeness (QED) is 0.709. The zero-order chi connectivity index (χ0) is 18.1. The number of rotatable bonds is 5. The Bertz CT molecular complexity index is 1040. The predicted octanol–water partition coefficient (Wildman–Crippen LogP) is 1.40. The molecule has 1 amide bonds. The number of aromatic nitrogens is 3. The van der Waals surface area contributed by atoms with Crippen LogP contribution in [0.1, 0.15) is 21.7 Å². The number of nitrogens with two attached hydrogens (primary N) is 1. The Morgan fingerprint density at radius 3 is 2.60 bits per heavy atom. The van der Waals surface area contributed by atoms with Crippen molar-refractivity contribution in [2.24, 2.45) is 5.73 Å². The fraction of sp³-hybridized carbons (Fsp3) is 0.188. The largest absolute Gasteiger partial charge is 0.481 e. The number of aliphatic carboxylic acids is 1. The zero-order valence-electron chi connectivity index (χ0n) is 13.2. The third-order valence-corrected chi connectivity index (χ3v) is 4.96. The highest BCUT2D eigenvalue weighted by Crippen LogP contribution is 2.29. The van der Waals surface area contributed by atoms with Gasteiger partial charge < -0.3 is 10.8 Å². The van der Waals surface area contributed by atoms with Crippen LogP contribution in [0.5, 0.6) is 0 Å². The summed E-state index contributed by atoms with van der Waals surface area (Å²) in [4.78, 5) is 44.6. The van der Waals surface area contributed by atoms with Gasteiger partial charge in [0.1, 0.15) is 10.7 Å². The van der Waals surface area contributed by atoms with Gasteiger partial charge in [-0.2, -0.15) is 0 Å². The molecular weight excluding hydrogens is 344 g/mol. The second-order valence-electron chi connectivity index (χ2n) is 5.37. The van der Waals surface area contributed by atoms with Gasteiger partial charge in [-0.15, -0.1) is 11.3 Å². The molecule has 0 aromatic carbocycles.